The van der Waals surface area contributed by atoms with E-state index in [4.69, 9.17) is 0 Å². The van der Waals surface area contributed by atoms with Gasteiger partial charge in [-0.15, -0.1) is 0 Å². The van der Waals surface area contributed by atoms with Crippen molar-refractivity contribution in [3.63, 3.8) is 0 Å². The second-order valence-corrected chi connectivity index (χ2v) is 5.61. The lowest BCUT2D eigenvalue weighted by Gasteiger charge is -2.23. The van der Waals surface area contributed by atoms with Crippen molar-refractivity contribution in [3.05, 3.63) is 0 Å². The van der Waals surface area contributed by atoms with Crippen LogP contribution in [0.25, 0.3) is 0 Å². The van der Waals surface area contributed by atoms with E-state index in [1.54, 1.807) is 0 Å². The molecule has 1 unspecified atom stereocenters. The highest BCUT2D eigenvalue weighted by Gasteiger charge is 2.44. The van der Waals surface area contributed by atoms with Crippen LogP contribution in [0.2, 0.25) is 0 Å². The van der Waals surface area contributed by atoms with Crippen molar-refractivity contribution in [1.82, 2.24) is 15.5 Å². The van der Waals surface area contributed by atoms with Gasteiger partial charge in [0, 0.05) is 19.1 Å². The summed E-state index contributed by atoms with van der Waals surface area (Å²) in [5.74, 6) is -1.05. The van der Waals surface area contributed by atoms with E-state index >= 15 is 0 Å². The molecule has 2 fully saturated rings. The van der Waals surface area contributed by atoms with Gasteiger partial charge in [-0.25, -0.2) is 4.79 Å². The van der Waals surface area contributed by atoms with Gasteiger partial charge in [-0.2, -0.15) is 0 Å². The largest absolute Gasteiger partial charge is 0.481 e. The number of nitrogens with zero attached hydrogens (tertiary/aromatic N) is 1. The van der Waals surface area contributed by atoms with Gasteiger partial charge in [0.1, 0.15) is 0 Å². The fourth-order valence-electron chi connectivity index (χ4n) is 2.43. The Balaban J connectivity index is 1.78. The number of urea groups is 1. The third-order valence-corrected chi connectivity index (χ3v) is 4.11. The number of rotatable bonds is 5. The van der Waals surface area contributed by atoms with Crippen molar-refractivity contribution in [1.29, 1.82) is 0 Å². The molecular formula is C13H21N3O4. The van der Waals surface area contributed by atoms with Crippen LogP contribution in [0.4, 0.5) is 4.79 Å². The van der Waals surface area contributed by atoms with Gasteiger partial charge in [-0.05, 0) is 25.7 Å². The average molecular weight is 283 g/mol. The maximum atomic E-state index is 11.9. The van der Waals surface area contributed by atoms with Crippen LogP contribution < -0.4 is 10.6 Å². The highest BCUT2D eigenvalue weighted by molar-refractivity contribution is 5.85. The van der Waals surface area contributed by atoms with Crippen LogP contribution in [0.15, 0.2) is 0 Å². The minimum absolute atomic E-state index is 0.0575. The van der Waals surface area contributed by atoms with Crippen molar-refractivity contribution < 1.29 is 19.5 Å². The van der Waals surface area contributed by atoms with Crippen LogP contribution >= 0.6 is 0 Å². The van der Waals surface area contributed by atoms with E-state index in [1.165, 1.54) is 4.90 Å². The molecule has 0 aromatic rings. The minimum Gasteiger partial charge on any atom is -0.481 e. The molecular weight excluding hydrogens is 262 g/mol. The van der Waals surface area contributed by atoms with E-state index in [9.17, 15) is 19.5 Å². The van der Waals surface area contributed by atoms with Gasteiger partial charge in [-0.1, -0.05) is 6.92 Å². The van der Waals surface area contributed by atoms with Crippen molar-refractivity contribution in [2.45, 2.75) is 38.6 Å². The second-order valence-electron chi connectivity index (χ2n) is 5.61. The van der Waals surface area contributed by atoms with E-state index in [1.807, 2.05) is 6.92 Å². The first-order valence-electron chi connectivity index (χ1n) is 7.02. The van der Waals surface area contributed by atoms with Crippen LogP contribution in [0.5, 0.6) is 0 Å². The Kier molecular flexibility index (Phi) is 4.15. The van der Waals surface area contributed by atoms with Gasteiger partial charge < -0.3 is 20.6 Å². The average Bonchev–Trinajstić information content (AvgIpc) is 3.10. The molecule has 7 nitrogen and oxygen atoms in total. The lowest BCUT2D eigenvalue weighted by atomic mass is 9.84. The molecule has 1 aliphatic heterocycles. The smallest absolute Gasteiger partial charge is 0.317 e. The van der Waals surface area contributed by atoms with Crippen LogP contribution in [0, 0.1) is 5.41 Å². The van der Waals surface area contributed by atoms with E-state index < -0.39 is 11.4 Å². The van der Waals surface area contributed by atoms with Crippen LogP contribution in [-0.2, 0) is 9.59 Å². The number of carbonyl (C=O) groups is 3. The molecule has 2 rings (SSSR count). The van der Waals surface area contributed by atoms with Crippen LogP contribution in [0.1, 0.15) is 32.6 Å². The molecule has 20 heavy (non-hydrogen) atoms. The van der Waals surface area contributed by atoms with Gasteiger partial charge in [0.2, 0.25) is 5.91 Å². The highest BCUT2D eigenvalue weighted by atomic mass is 16.4. The van der Waals surface area contributed by atoms with Crippen molar-refractivity contribution in [2.75, 3.05) is 19.6 Å². The number of aliphatic carboxylic acids is 1. The summed E-state index contributed by atoms with van der Waals surface area (Å²) < 4.78 is 0. The van der Waals surface area contributed by atoms with Crippen LogP contribution in [0.3, 0.4) is 0 Å². The molecule has 0 aromatic heterocycles. The molecule has 1 atom stereocenters. The van der Waals surface area contributed by atoms with Gasteiger partial charge in [0.05, 0.1) is 12.0 Å². The van der Waals surface area contributed by atoms with Crippen molar-refractivity contribution in [2.24, 2.45) is 5.41 Å². The highest BCUT2D eigenvalue weighted by Crippen LogP contribution is 2.34. The first kappa shape index (κ1) is 14.6. The molecule has 0 radical (unpaired) electrons. The zero-order valence-corrected chi connectivity index (χ0v) is 11.6. The van der Waals surface area contributed by atoms with Crippen molar-refractivity contribution in [3.8, 4) is 0 Å². The SMILES string of the molecule is CCC1(C(=O)O)CCN(C(=O)NCC(=O)NC2CC2)C1. The first-order valence-corrected chi connectivity index (χ1v) is 7.02. The molecule has 3 amide bonds. The molecule has 112 valence electrons. The number of carboxylic acids is 1. The van der Waals surface area contributed by atoms with E-state index in [-0.39, 0.29) is 31.1 Å². The monoisotopic (exact) mass is 283 g/mol. The van der Waals surface area contributed by atoms with Crippen LogP contribution in [-0.4, -0.2) is 53.6 Å². The summed E-state index contributed by atoms with van der Waals surface area (Å²) in [5, 5.41) is 14.6. The summed E-state index contributed by atoms with van der Waals surface area (Å²) in [5.41, 5.74) is -0.840. The van der Waals surface area contributed by atoms with Gasteiger partial charge in [0.15, 0.2) is 0 Å². The Labute approximate surface area is 117 Å². The van der Waals surface area contributed by atoms with Crippen molar-refractivity contribution >= 4 is 17.9 Å². The van der Waals surface area contributed by atoms with E-state index in [2.05, 4.69) is 10.6 Å². The van der Waals surface area contributed by atoms with E-state index in [0.29, 0.717) is 19.4 Å². The Morgan fingerprint density at radius 2 is 2.05 bits per heavy atom. The Morgan fingerprint density at radius 3 is 2.55 bits per heavy atom. The Bertz CT molecular complexity index is 422. The standard InChI is InChI=1S/C13H21N3O4/c1-2-13(11(18)19)5-6-16(8-13)12(20)14-7-10(17)15-9-3-4-9/h9H,2-8H2,1H3,(H,14,20)(H,15,17)(H,18,19). The summed E-state index contributed by atoms with van der Waals surface area (Å²) >= 11 is 0. The molecule has 0 spiro atoms. The lowest BCUT2D eigenvalue weighted by molar-refractivity contribution is -0.148. The number of hydrogen-bond acceptors (Lipinski definition) is 3. The zero-order chi connectivity index (χ0) is 14.8. The Hall–Kier alpha value is -1.79. The Morgan fingerprint density at radius 1 is 1.35 bits per heavy atom. The third-order valence-electron chi connectivity index (χ3n) is 4.11. The number of amides is 3. The second kappa shape index (κ2) is 5.68. The summed E-state index contributed by atoms with van der Waals surface area (Å²) in [6, 6.07) is -0.0986. The van der Waals surface area contributed by atoms with Gasteiger partial charge in [-0.3, -0.25) is 9.59 Å². The van der Waals surface area contributed by atoms with Gasteiger partial charge in [0.25, 0.3) is 0 Å². The molecule has 2 aliphatic rings. The summed E-state index contributed by atoms with van der Waals surface area (Å²) in [4.78, 5) is 36.2. The number of nitrogens with one attached hydrogen (secondary N) is 2. The van der Waals surface area contributed by atoms with Gasteiger partial charge >= 0.3 is 12.0 Å². The maximum Gasteiger partial charge on any atom is 0.317 e. The normalized spacial score (nSPS) is 25.4. The topological polar surface area (TPSA) is 98.7 Å². The molecule has 1 heterocycles. The number of carboxylic acid groups (broad SMARTS) is 1. The maximum absolute atomic E-state index is 11.9. The summed E-state index contributed by atoms with van der Waals surface area (Å²) in [6.45, 7) is 2.38. The van der Waals surface area contributed by atoms with E-state index in [0.717, 1.165) is 12.8 Å². The molecule has 1 saturated heterocycles. The molecule has 0 aromatic carbocycles. The fraction of sp³-hybridized carbons (Fsp3) is 0.769. The lowest BCUT2D eigenvalue weighted by Crippen LogP contribution is -2.45. The molecule has 3 N–H and O–H groups in total. The summed E-state index contributed by atoms with van der Waals surface area (Å²) in [6.07, 6.45) is 2.96. The fourth-order valence-corrected chi connectivity index (χ4v) is 2.43. The number of likely N-dealkylation sites (tertiary alicyclic amines) is 1. The minimum atomic E-state index is -0.859. The first-order chi connectivity index (χ1) is 9.47. The summed E-state index contributed by atoms with van der Waals surface area (Å²) in [7, 11) is 0. The molecule has 1 aliphatic carbocycles. The predicted molar refractivity (Wildman–Crippen MR) is 71.1 cm³/mol. The molecule has 7 heteroatoms. The number of hydrogen-bond donors (Lipinski definition) is 3. The zero-order valence-electron chi connectivity index (χ0n) is 11.6. The predicted octanol–water partition coefficient (Wildman–Crippen LogP) is 0.161. The number of carbonyl (C=O) groups excluding carboxylic acids is 2. The quantitative estimate of drug-likeness (QED) is 0.669. The third kappa shape index (κ3) is 3.20. The molecule has 0 bridgehead atoms. The molecule has 1 saturated carbocycles.